The van der Waals surface area contributed by atoms with Crippen molar-refractivity contribution in [3.05, 3.63) is 0 Å². The van der Waals surface area contributed by atoms with Gasteiger partial charge in [-0.2, -0.15) is 0 Å². The van der Waals surface area contributed by atoms with Gasteiger partial charge in [-0.3, -0.25) is 14.4 Å². The molecule has 0 aliphatic rings. The van der Waals surface area contributed by atoms with Crippen LogP contribution in [0.25, 0.3) is 0 Å². The Balaban J connectivity index is 4.35. The zero-order valence-corrected chi connectivity index (χ0v) is 36.1. The van der Waals surface area contributed by atoms with Gasteiger partial charge in [-0.15, -0.1) is 0 Å². The topological polar surface area (TPSA) is 78.9 Å². The normalized spacial score (nSPS) is 12.6. The maximum atomic E-state index is 12.7. The number of hydrogen-bond donors (Lipinski definition) is 0. The largest absolute Gasteiger partial charge is 0.462 e. The first-order valence-electron chi connectivity index (χ1n) is 23.3. The van der Waals surface area contributed by atoms with Crippen molar-refractivity contribution in [1.82, 2.24) is 0 Å². The molecule has 0 N–H and O–H groups in total. The Morgan fingerprint density at radius 3 is 1.08 bits per heavy atom. The van der Waals surface area contributed by atoms with Crippen molar-refractivity contribution >= 4 is 17.9 Å². The highest BCUT2D eigenvalue weighted by molar-refractivity contribution is 5.71. The molecule has 0 fully saturated rings. The van der Waals surface area contributed by atoms with Crippen LogP contribution in [0.2, 0.25) is 0 Å². The first-order valence-corrected chi connectivity index (χ1v) is 23.3. The molecule has 0 bridgehead atoms. The van der Waals surface area contributed by atoms with Crippen LogP contribution in [0.1, 0.15) is 253 Å². The van der Waals surface area contributed by atoms with Gasteiger partial charge in [0.15, 0.2) is 6.10 Å². The summed E-state index contributed by atoms with van der Waals surface area (Å²) < 4.78 is 16.7. The highest BCUT2D eigenvalue weighted by atomic mass is 16.6. The first-order chi connectivity index (χ1) is 25.8. The predicted octanol–water partition coefficient (Wildman–Crippen LogP) is 14.6. The van der Waals surface area contributed by atoms with E-state index in [2.05, 4.69) is 34.6 Å². The summed E-state index contributed by atoms with van der Waals surface area (Å²) in [7, 11) is 0. The van der Waals surface area contributed by atoms with E-state index in [4.69, 9.17) is 14.2 Å². The van der Waals surface area contributed by atoms with Crippen molar-refractivity contribution < 1.29 is 28.6 Å². The minimum Gasteiger partial charge on any atom is -0.462 e. The fraction of sp³-hybridized carbons (Fsp3) is 0.936. The van der Waals surface area contributed by atoms with Crippen LogP contribution >= 0.6 is 0 Å². The third-order valence-corrected chi connectivity index (χ3v) is 10.8. The second-order valence-electron chi connectivity index (χ2n) is 16.8. The number of ether oxygens (including phenoxy) is 3. The lowest BCUT2D eigenvalue weighted by Crippen LogP contribution is -2.30. The van der Waals surface area contributed by atoms with Gasteiger partial charge in [-0.25, -0.2) is 0 Å². The van der Waals surface area contributed by atoms with Crippen molar-refractivity contribution in [1.29, 1.82) is 0 Å². The zero-order chi connectivity index (χ0) is 39.0. The van der Waals surface area contributed by atoms with E-state index >= 15 is 0 Å². The van der Waals surface area contributed by atoms with Crippen molar-refractivity contribution in [2.75, 3.05) is 13.2 Å². The van der Waals surface area contributed by atoms with Crippen LogP contribution in [-0.2, 0) is 28.6 Å². The molecule has 0 aliphatic carbocycles. The lowest BCUT2D eigenvalue weighted by atomic mass is 9.99. The summed E-state index contributed by atoms with van der Waals surface area (Å²) in [5, 5.41) is 0. The summed E-state index contributed by atoms with van der Waals surface area (Å²) in [6.45, 7) is 11.3. The van der Waals surface area contributed by atoms with E-state index in [0.717, 1.165) is 69.6 Å². The summed E-state index contributed by atoms with van der Waals surface area (Å²) in [6.07, 6.45) is 37.9. The standard InChI is InChI=1S/C47H90O6/c1-6-8-9-10-11-12-13-16-24-29-34-39-47(50)53-44(40-51-45(48)37-32-27-22-17-14-15-20-25-30-35-42(3)4)41-52-46(49)38-33-28-23-19-18-21-26-31-36-43(5)7-2/h42-44H,6-41H2,1-5H3/t43?,44-/m1/s1. The number of carbonyl (C=O) groups is 3. The van der Waals surface area contributed by atoms with Gasteiger partial charge < -0.3 is 14.2 Å². The van der Waals surface area contributed by atoms with Crippen LogP contribution in [0.4, 0.5) is 0 Å². The monoisotopic (exact) mass is 751 g/mol. The maximum Gasteiger partial charge on any atom is 0.306 e. The van der Waals surface area contributed by atoms with Gasteiger partial charge in [0.2, 0.25) is 0 Å². The molecule has 0 aromatic rings. The molecule has 0 spiro atoms. The van der Waals surface area contributed by atoms with Crippen molar-refractivity contribution in [3.63, 3.8) is 0 Å². The molecule has 6 nitrogen and oxygen atoms in total. The Labute approximate surface area is 329 Å². The number of carbonyl (C=O) groups excluding carboxylic acids is 3. The smallest absolute Gasteiger partial charge is 0.306 e. The third-order valence-electron chi connectivity index (χ3n) is 10.8. The van der Waals surface area contributed by atoms with E-state index in [9.17, 15) is 14.4 Å². The molecule has 0 heterocycles. The van der Waals surface area contributed by atoms with Crippen molar-refractivity contribution in [3.8, 4) is 0 Å². The predicted molar refractivity (Wildman–Crippen MR) is 224 cm³/mol. The minimum absolute atomic E-state index is 0.0652. The van der Waals surface area contributed by atoms with Crippen molar-refractivity contribution in [2.24, 2.45) is 11.8 Å². The third kappa shape index (κ3) is 39.9. The Morgan fingerprint density at radius 2 is 0.717 bits per heavy atom. The molecule has 0 aliphatic heterocycles. The summed E-state index contributed by atoms with van der Waals surface area (Å²) in [6, 6.07) is 0. The second-order valence-corrected chi connectivity index (χ2v) is 16.8. The Bertz CT molecular complexity index is 811. The lowest BCUT2D eigenvalue weighted by Gasteiger charge is -2.18. The summed E-state index contributed by atoms with van der Waals surface area (Å²) in [5.74, 6) is 0.798. The molecule has 0 aromatic carbocycles. The first kappa shape index (κ1) is 51.4. The molecular formula is C47H90O6. The number of esters is 3. The average Bonchev–Trinajstić information content (AvgIpc) is 3.14. The van der Waals surface area contributed by atoms with Crippen LogP contribution in [0.5, 0.6) is 0 Å². The highest BCUT2D eigenvalue weighted by Crippen LogP contribution is 2.17. The summed E-state index contributed by atoms with van der Waals surface area (Å²) in [4.78, 5) is 37.7. The van der Waals surface area contributed by atoms with Crippen LogP contribution < -0.4 is 0 Å². The fourth-order valence-electron chi connectivity index (χ4n) is 6.90. The van der Waals surface area contributed by atoms with Gasteiger partial charge >= 0.3 is 17.9 Å². The molecular weight excluding hydrogens is 661 g/mol. The molecule has 53 heavy (non-hydrogen) atoms. The van der Waals surface area contributed by atoms with Gasteiger partial charge in [-0.05, 0) is 31.1 Å². The summed E-state index contributed by atoms with van der Waals surface area (Å²) >= 11 is 0. The fourth-order valence-corrected chi connectivity index (χ4v) is 6.90. The van der Waals surface area contributed by atoms with Crippen LogP contribution in [0.3, 0.4) is 0 Å². The van der Waals surface area contributed by atoms with Crippen LogP contribution in [0.15, 0.2) is 0 Å². The molecule has 314 valence electrons. The van der Waals surface area contributed by atoms with Gasteiger partial charge in [0.25, 0.3) is 0 Å². The molecule has 1 unspecified atom stereocenters. The zero-order valence-electron chi connectivity index (χ0n) is 36.1. The van der Waals surface area contributed by atoms with E-state index in [1.165, 1.54) is 141 Å². The van der Waals surface area contributed by atoms with Crippen LogP contribution in [0, 0.1) is 11.8 Å². The van der Waals surface area contributed by atoms with E-state index in [-0.39, 0.29) is 31.1 Å². The van der Waals surface area contributed by atoms with Gasteiger partial charge in [-0.1, -0.05) is 214 Å². The van der Waals surface area contributed by atoms with Crippen LogP contribution in [-0.4, -0.2) is 37.2 Å². The number of hydrogen-bond acceptors (Lipinski definition) is 6. The minimum atomic E-state index is -0.760. The lowest BCUT2D eigenvalue weighted by molar-refractivity contribution is -0.167. The second kappa shape index (κ2) is 40.1. The summed E-state index contributed by atoms with van der Waals surface area (Å²) in [5.41, 5.74) is 0. The quantitative estimate of drug-likeness (QED) is 0.0352. The molecule has 0 saturated heterocycles. The highest BCUT2D eigenvalue weighted by Gasteiger charge is 2.19. The molecule has 0 radical (unpaired) electrons. The molecule has 0 rings (SSSR count). The average molecular weight is 751 g/mol. The van der Waals surface area contributed by atoms with E-state index in [1.807, 2.05) is 0 Å². The maximum absolute atomic E-state index is 12.7. The van der Waals surface area contributed by atoms with Crippen molar-refractivity contribution in [2.45, 2.75) is 259 Å². The molecule has 2 atom stereocenters. The molecule has 0 amide bonds. The van der Waals surface area contributed by atoms with Gasteiger partial charge in [0.1, 0.15) is 13.2 Å². The Hall–Kier alpha value is -1.59. The molecule has 0 aromatic heterocycles. The molecule has 0 saturated carbocycles. The van der Waals surface area contributed by atoms with E-state index in [0.29, 0.717) is 19.3 Å². The number of rotatable bonds is 41. The van der Waals surface area contributed by atoms with E-state index in [1.54, 1.807) is 0 Å². The Morgan fingerprint density at radius 1 is 0.396 bits per heavy atom. The Kier molecular flexibility index (Phi) is 38.9. The molecule has 6 heteroatoms. The SMILES string of the molecule is CCCCCCCCCCCCCC(=O)O[C@H](COC(=O)CCCCCCCCCCCC(C)C)COC(=O)CCCCCCCCCCC(C)CC. The van der Waals surface area contributed by atoms with E-state index < -0.39 is 6.10 Å². The van der Waals surface area contributed by atoms with Gasteiger partial charge in [0.05, 0.1) is 0 Å². The van der Waals surface area contributed by atoms with Gasteiger partial charge in [0, 0.05) is 19.3 Å². The number of unbranched alkanes of at least 4 members (excludes halogenated alkanes) is 25.